The summed E-state index contributed by atoms with van der Waals surface area (Å²) < 4.78 is 4.89. The van der Waals surface area contributed by atoms with Gasteiger partial charge >= 0.3 is 5.97 Å². The normalized spacial score (nSPS) is 9.40. The maximum Gasteiger partial charge on any atom is 0.338 e. The van der Waals surface area contributed by atoms with Gasteiger partial charge in [-0.05, 0) is 49.4 Å². The van der Waals surface area contributed by atoms with Crippen LogP contribution in [0.5, 0.6) is 0 Å². The summed E-state index contributed by atoms with van der Waals surface area (Å²) >= 11 is 1.02. The second-order valence-electron chi connectivity index (χ2n) is 2.77. The van der Waals surface area contributed by atoms with Gasteiger partial charge in [-0.3, -0.25) is 0 Å². The second kappa shape index (κ2) is 5.42. The van der Waals surface area contributed by atoms with E-state index in [9.17, 15) is 4.79 Å². The number of ether oxygens (including phenoxy) is 1. The number of rotatable bonds is 3. The highest BCUT2D eigenvalue weighted by Crippen LogP contribution is 2.23. The predicted octanol–water partition coefficient (Wildman–Crippen LogP) is 2.55. The predicted molar refractivity (Wildman–Crippen MR) is 57.4 cm³/mol. The van der Waals surface area contributed by atoms with Crippen molar-refractivity contribution in [1.29, 1.82) is 5.26 Å². The van der Waals surface area contributed by atoms with Crippen molar-refractivity contribution in [3.8, 4) is 5.40 Å². The lowest BCUT2D eigenvalue weighted by atomic mass is 10.1. The average molecular weight is 220 g/mol. The minimum Gasteiger partial charge on any atom is -0.462 e. The van der Waals surface area contributed by atoms with E-state index in [0.29, 0.717) is 12.2 Å². The van der Waals surface area contributed by atoms with Gasteiger partial charge in [0, 0.05) is 4.90 Å². The molecule has 0 N–H and O–H groups in total. The Bertz CT molecular complexity index is 410. The SMILES string of the molecule is CCOC(=O)c1c[c]cc(SC#N)c1C. The van der Waals surface area contributed by atoms with Crippen molar-refractivity contribution in [3.05, 3.63) is 29.3 Å². The van der Waals surface area contributed by atoms with Crippen LogP contribution < -0.4 is 0 Å². The maximum atomic E-state index is 11.5. The smallest absolute Gasteiger partial charge is 0.338 e. The fraction of sp³-hybridized carbons (Fsp3) is 0.273. The number of benzene rings is 1. The Kier molecular flexibility index (Phi) is 4.19. The van der Waals surface area contributed by atoms with Crippen LogP contribution in [0.4, 0.5) is 0 Å². The summed E-state index contributed by atoms with van der Waals surface area (Å²) in [6, 6.07) is 6.09. The molecule has 0 atom stereocenters. The van der Waals surface area contributed by atoms with Gasteiger partial charge in [0.25, 0.3) is 0 Å². The topological polar surface area (TPSA) is 50.1 Å². The van der Waals surface area contributed by atoms with Crippen LogP contribution in [-0.2, 0) is 4.74 Å². The largest absolute Gasteiger partial charge is 0.462 e. The van der Waals surface area contributed by atoms with E-state index in [-0.39, 0.29) is 5.97 Å². The molecule has 0 unspecified atom stereocenters. The third-order valence-electron chi connectivity index (χ3n) is 1.87. The van der Waals surface area contributed by atoms with Gasteiger partial charge in [-0.15, -0.1) is 0 Å². The van der Waals surface area contributed by atoms with Gasteiger partial charge in [0.05, 0.1) is 12.2 Å². The highest BCUT2D eigenvalue weighted by molar-refractivity contribution is 8.03. The van der Waals surface area contributed by atoms with Gasteiger partial charge in [-0.25, -0.2) is 4.79 Å². The summed E-state index contributed by atoms with van der Waals surface area (Å²) in [5.41, 5.74) is 1.23. The van der Waals surface area contributed by atoms with Crippen molar-refractivity contribution in [2.24, 2.45) is 0 Å². The summed E-state index contributed by atoms with van der Waals surface area (Å²) in [7, 11) is 0. The van der Waals surface area contributed by atoms with E-state index in [1.807, 2.05) is 5.40 Å². The lowest BCUT2D eigenvalue weighted by Gasteiger charge is -2.07. The molecule has 1 rings (SSSR count). The minimum absolute atomic E-state index is 0.341. The van der Waals surface area contributed by atoms with Crippen molar-refractivity contribution in [3.63, 3.8) is 0 Å². The first-order valence-corrected chi connectivity index (χ1v) is 5.26. The molecule has 1 aromatic carbocycles. The Morgan fingerprint density at radius 1 is 1.67 bits per heavy atom. The molecular weight excluding hydrogens is 210 g/mol. The summed E-state index contributed by atoms with van der Waals surface area (Å²) in [5, 5.41) is 10.5. The Morgan fingerprint density at radius 2 is 2.40 bits per heavy atom. The summed E-state index contributed by atoms with van der Waals surface area (Å²) in [6.45, 7) is 3.89. The molecule has 15 heavy (non-hydrogen) atoms. The van der Waals surface area contributed by atoms with Crippen molar-refractivity contribution < 1.29 is 9.53 Å². The summed E-state index contributed by atoms with van der Waals surface area (Å²) in [6.07, 6.45) is 0. The van der Waals surface area contributed by atoms with E-state index in [1.54, 1.807) is 26.0 Å². The number of hydrogen-bond donors (Lipinski definition) is 0. The van der Waals surface area contributed by atoms with Crippen molar-refractivity contribution in [2.45, 2.75) is 18.7 Å². The van der Waals surface area contributed by atoms with Crippen LogP contribution in [0.1, 0.15) is 22.8 Å². The highest BCUT2D eigenvalue weighted by Gasteiger charge is 2.12. The number of hydrogen-bond acceptors (Lipinski definition) is 4. The van der Waals surface area contributed by atoms with Crippen LogP contribution >= 0.6 is 11.8 Å². The number of esters is 1. The average Bonchev–Trinajstić information content (AvgIpc) is 2.22. The van der Waals surface area contributed by atoms with Gasteiger partial charge < -0.3 is 4.74 Å². The zero-order valence-electron chi connectivity index (χ0n) is 8.53. The Morgan fingerprint density at radius 3 is 3.00 bits per heavy atom. The third-order valence-corrected chi connectivity index (χ3v) is 2.60. The van der Waals surface area contributed by atoms with E-state index in [4.69, 9.17) is 10.00 Å². The number of carbonyl (C=O) groups is 1. The molecule has 1 radical (unpaired) electrons. The number of nitrogens with zero attached hydrogens (tertiary/aromatic N) is 1. The molecule has 0 aliphatic carbocycles. The molecule has 77 valence electrons. The fourth-order valence-electron chi connectivity index (χ4n) is 1.13. The van der Waals surface area contributed by atoms with E-state index in [1.165, 1.54) is 0 Å². The fourth-order valence-corrected chi connectivity index (χ4v) is 1.61. The van der Waals surface area contributed by atoms with Crippen LogP contribution in [0.2, 0.25) is 0 Å². The summed E-state index contributed by atoms with van der Waals surface area (Å²) in [4.78, 5) is 12.2. The van der Waals surface area contributed by atoms with E-state index in [2.05, 4.69) is 6.07 Å². The molecule has 0 aromatic heterocycles. The highest BCUT2D eigenvalue weighted by atomic mass is 32.2. The van der Waals surface area contributed by atoms with Crippen LogP contribution in [-0.4, -0.2) is 12.6 Å². The van der Waals surface area contributed by atoms with Crippen molar-refractivity contribution >= 4 is 17.7 Å². The van der Waals surface area contributed by atoms with Gasteiger partial charge in [0.2, 0.25) is 0 Å². The molecule has 0 saturated carbocycles. The van der Waals surface area contributed by atoms with E-state index >= 15 is 0 Å². The number of carbonyl (C=O) groups excluding carboxylic acids is 1. The minimum atomic E-state index is -0.369. The molecule has 4 heteroatoms. The molecule has 0 saturated heterocycles. The molecule has 0 fully saturated rings. The molecule has 0 aliphatic rings. The standard InChI is InChI=1S/C11H10NO2S/c1-3-14-11(13)9-5-4-6-10(8(9)2)15-7-12/h5-6H,3H2,1-2H3. The molecule has 0 heterocycles. The molecule has 0 spiro atoms. The van der Waals surface area contributed by atoms with Crippen LogP contribution in [0.3, 0.4) is 0 Å². The first kappa shape index (κ1) is 11.6. The molecule has 0 bridgehead atoms. The monoisotopic (exact) mass is 220 g/mol. The van der Waals surface area contributed by atoms with Gasteiger partial charge in [-0.1, -0.05) is 0 Å². The zero-order valence-corrected chi connectivity index (χ0v) is 9.35. The van der Waals surface area contributed by atoms with E-state index in [0.717, 1.165) is 22.2 Å². The van der Waals surface area contributed by atoms with Crippen LogP contribution in [0.25, 0.3) is 0 Å². The Balaban J connectivity index is 3.04. The summed E-state index contributed by atoms with van der Waals surface area (Å²) in [5.74, 6) is -0.369. The van der Waals surface area contributed by atoms with E-state index < -0.39 is 0 Å². The number of nitriles is 1. The van der Waals surface area contributed by atoms with Crippen LogP contribution in [0, 0.1) is 23.7 Å². The lowest BCUT2D eigenvalue weighted by molar-refractivity contribution is 0.0525. The first-order chi connectivity index (χ1) is 7.20. The van der Waals surface area contributed by atoms with Crippen molar-refractivity contribution in [2.75, 3.05) is 6.61 Å². The molecule has 3 nitrogen and oxygen atoms in total. The molecular formula is C11H10NO2S. The van der Waals surface area contributed by atoms with Crippen LogP contribution in [0.15, 0.2) is 17.0 Å². The van der Waals surface area contributed by atoms with Gasteiger partial charge in [0.15, 0.2) is 0 Å². The molecule has 1 aromatic rings. The lowest BCUT2D eigenvalue weighted by Crippen LogP contribution is -2.07. The zero-order chi connectivity index (χ0) is 11.3. The van der Waals surface area contributed by atoms with Gasteiger partial charge in [-0.2, -0.15) is 5.26 Å². The van der Waals surface area contributed by atoms with Crippen molar-refractivity contribution in [1.82, 2.24) is 0 Å². The third kappa shape index (κ3) is 2.74. The quantitative estimate of drug-likeness (QED) is 0.446. The molecule has 0 aliphatic heterocycles. The van der Waals surface area contributed by atoms with Gasteiger partial charge in [0.1, 0.15) is 5.40 Å². The second-order valence-corrected chi connectivity index (χ2v) is 3.60. The Hall–Kier alpha value is -1.47. The number of thioether (sulfide) groups is 1. The first-order valence-electron chi connectivity index (χ1n) is 4.44. The molecule has 0 amide bonds. The Labute approximate surface area is 93.0 Å². The number of thiocyanates is 1. The maximum absolute atomic E-state index is 11.5.